The van der Waals surface area contributed by atoms with E-state index in [4.69, 9.17) is 4.55 Å². The summed E-state index contributed by atoms with van der Waals surface area (Å²) in [6.07, 6.45) is 3.55. The quantitative estimate of drug-likeness (QED) is 0.668. The van der Waals surface area contributed by atoms with Crippen LogP contribution in [0.25, 0.3) is 0 Å². The van der Waals surface area contributed by atoms with Crippen LogP contribution in [0.3, 0.4) is 0 Å². The zero-order valence-electron chi connectivity index (χ0n) is 8.74. The van der Waals surface area contributed by atoms with Gasteiger partial charge in [-0.05, 0) is 39.4 Å². The number of rotatable bonds is 4. The van der Waals surface area contributed by atoms with Crippen molar-refractivity contribution in [3.63, 3.8) is 0 Å². The highest BCUT2D eigenvalue weighted by Gasteiger charge is 2.15. The molecule has 0 amide bonds. The van der Waals surface area contributed by atoms with Gasteiger partial charge in [0.05, 0.1) is 5.75 Å². The minimum atomic E-state index is -1.64. The molecule has 0 aromatic rings. The van der Waals surface area contributed by atoms with Crippen LogP contribution in [-0.4, -0.2) is 52.1 Å². The standard InChI is InChI=1S/C9H20N2O2S/c1-10-9-3-2-5-11(6-4-9)7-8-14(12)13/h9-10H,2-8H2,1H3,(H,12,13). The molecule has 0 saturated carbocycles. The van der Waals surface area contributed by atoms with Gasteiger partial charge in [-0.3, -0.25) is 0 Å². The summed E-state index contributed by atoms with van der Waals surface area (Å²) in [5.41, 5.74) is 0. The van der Waals surface area contributed by atoms with E-state index in [0.29, 0.717) is 11.8 Å². The lowest BCUT2D eigenvalue weighted by atomic mass is 10.1. The Labute approximate surface area is 88.3 Å². The fourth-order valence-electron chi connectivity index (χ4n) is 1.88. The average Bonchev–Trinajstić information content (AvgIpc) is 2.39. The Bertz CT molecular complexity index is 190. The topological polar surface area (TPSA) is 52.6 Å². The molecule has 2 atom stereocenters. The van der Waals surface area contributed by atoms with Crippen molar-refractivity contribution >= 4 is 11.1 Å². The molecule has 14 heavy (non-hydrogen) atoms. The Kier molecular flexibility index (Phi) is 5.62. The van der Waals surface area contributed by atoms with E-state index in [0.717, 1.165) is 26.1 Å². The van der Waals surface area contributed by atoms with Crippen molar-refractivity contribution in [2.24, 2.45) is 0 Å². The first kappa shape index (κ1) is 12.1. The van der Waals surface area contributed by atoms with Crippen molar-refractivity contribution in [2.45, 2.75) is 25.3 Å². The molecule has 0 radical (unpaired) electrons. The molecule has 84 valence electrons. The maximum Gasteiger partial charge on any atom is 0.154 e. The molecule has 0 aromatic carbocycles. The summed E-state index contributed by atoms with van der Waals surface area (Å²) in [5.74, 6) is 0.379. The molecular weight excluding hydrogens is 200 g/mol. The van der Waals surface area contributed by atoms with E-state index in [9.17, 15) is 4.21 Å². The number of hydrogen-bond donors (Lipinski definition) is 2. The largest absolute Gasteiger partial charge is 0.317 e. The van der Waals surface area contributed by atoms with Gasteiger partial charge < -0.3 is 14.8 Å². The number of nitrogens with zero attached hydrogens (tertiary/aromatic N) is 1. The van der Waals surface area contributed by atoms with Crippen molar-refractivity contribution in [1.29, 1.82) is 0 Å². The molecule has 2 N–H and O–H groups in total. The molecule has 5 heteroatoms. The first-order valence-electron chi connectivity index (χ1n) is 5.19. The second-order valence-corrected chi connectivity index (χ2v) is 4.83. The molecule has 1 aliphatic rings. The normalized spacial score (nSPS) is 27.1. The fourth-order valence-corrected chi connectivity index (χ4v) is 2.29. The predicted octanol–water partition coefficient (Wildman–Crippen LogP) is 0.282. The van der Waals surface area contributed by atoms with Gasteiger partial charge in [-0.1, -0.05) is 0 Å². The van der Waals surface area contributed by atoms with Crippen LogP contribution in [-0.2, 0) is 11.1 Å². The molecule has 0 aromatic heterocycles. The van der Waals surface area contributed by atoms with Crippen LogP contribution in [0.1, 0.15) is 19.3 Å². The minimum absolute atomic E-state index is 0.379. The van der Waals surface area contributed by atoms with Crippen LogP contribution in [0.5, 0.6) is 0 Å². The highest BCUT2D eigenvalue weighted by molar-refractivity contribution is 7.79. The first-order valence-corrected chi connectivity index (χ1v) is 6.47. The van der Waals surface area contributed by atoms with E-state index in [2.05, 4.69) is 10.2 Å². The Hall–Kier alpha value is 0.0300. The molecule has 1 saturated heterocycles. The van der Waals surface area contributed by atoms with Crippen molar-refractivity contribution in [3.8, 4) is 0 Å². The van der Waals surface area contributed by atoms with Crippen molar-refractivity contribution in [1.82, 2.24) is 10.2 Å². The number of nitrogens with one attached hydrogen (secondary N) is 1. The van der Waals surface area contributed by atoms with Gasteiger partial charge in [-0.15, -0.1) is 0 Å². The fraction of sp³-hybridized carbons (Fsp3) is 1.00. The highest BCUT2D eigenvalue weighted by Crippen LogP contribution is 2.10. The van der Waals surface area contributed by atoms with Crippen LogP contribution in [0.4, 0.5) is 0 Å². The SMILES string of the molecule is CNC1CCCN(CCS(=O)O)CC1. The number of likely N-dealkylation sites (tertiary alicyclic amines) is 1. The van der Waals surface area contributed by atoms with Gasteiger partial charge in [-0.25, -0.2) is 4.21 Å². The van der Waals surface area contributed by atoms with Crippen molar-refractivity contribution < 1.29 is 8.76 Å². The lowest BCUT2D eigenvalue weighted by Crippen LogP contribution is -2.31. The van der Waals surface area contributed by atoms with Gasteiger partial charge in [0.2, 0.25) is 0 Å². The van der Waals surface area contributed by atoms with E-state index in [1.54, 1.807) is 0 Å². The highest BCUT2D eigenvalue weighted by atomic mass is 32.2. The van der Waals surface area contributed by atoms with Gasteiger partial charge >= 0.3 is 0 Å². The van der Waals surface area contributed by atoms with Crippen molar-refractivity contribution in [3.05, 3.63) is 0 Å². The van der Waals surface area contributed by atoms with Crippen LogP contribution < -0.4 is 5.32 Å². The first-order chi connectivity index (χ1) is 6.72. The second kappa shape index (κ2) is 6.50. The lowest BCUT2D eigenvalue weighted by Gasteiger charge is -2.18. The monoisotopic (exact) mass is 220 g/mol. The van der Waals surface area contributed by atoms with Crippen LogP contribution >= 0.6 is 0 Å². The van der Waals surface area contributed by atoms with E-state index in [-0.39, 0.29) is 0 Å². The molecule has 1 heterocycles. The molecule has 1 rings (SSSR count). The van der Waals surface area contributed by atoms with Gasteiger partial charge in [0.15, 0.2) is 11.1 Å². The van der Waals surface area contributed by atoms with Crippen LogP contribution in [0, 0.1) is 0 Å². The third-order valence-electron chi connectivity index (χ3n) is 2.81. The molecule has 1 aliphatic heterocycles. The molecular formula is C9H20N2O2S. The van der Waals surface area contributed by atoms with Gasteiger partial charge in [-0.2, -0.15) is 0 Å². The predicted molar refractivity (Wildman–Crippen MR) is 58.8 cm³/mol. The Morgan fingerprint density at radius 3 is 2.93 bits per heavy atom. The summed E-state index contributed by atoms with van der Waals surface area (Å²) in [5, 5.41) is 3.29. The summed E-state index contributed by atoms with van der Waals surface area (Å²) >= 11 is -1.64. The van der Waals surface area contributed by atoms with Crippen molar-refractivity contribution in [2.75, 3.05) is 32.4 Å². The maximum atomic E-state index is 10.5. The average molecular weight is 220 g/mol. The molecule has 0 spiro atoms. The van der Waals surface area contributed by atoms with Gasteiger partial charge in [0.1, 0.15) is 0 Å². The number of hydrogen-bond acceptors (Lipinski definition) is 3. The molecule has 1 fully saturated rings. The smallest absolute Gasteiger partial charge is 0.154 e. The Morgan fingerprint density at radius 2 is 2.29 bits per heavy atom. The molecule has 2 unspecified atom stereocenters. The Morgan fingerprint density at radius 1 is 1.50 bits per heavy atom. The third kappa shape index (κ3) is 4.50. The lowest BCUT2D eigenvalue weighted by molar-refractivity contribution is 0.298. The zero-order chi connectivity index (χ0) is 10.4. The summed E-state index contributed by atoms with van der Waals surface area (Å²) in [6, 6.07) is 0.625. The zero-order valence-corrected chi connectivity index (χ0v) is 9.55. The molecule has 0 aliphatic carbocycles. The molecule has 4 nitrogen and oxygen atoms in total. The summed E-state index contributed by atoms with van der Waals surface area (Å²) in [4.78, 5) is 2.28. The summed E-state index contributed by atoms with van der Waals surface area (Å²) in [6.45, 7) is 2.86. The van der Waals surface area contributed by atoms with E-state index in [1.165, 1.54) is 12.8 Å². The van der Waals surface area contributed by atoms with Gasteiger partial charge in [0.25, 0.3) is 0 Å². The Balaban J connectivity index is 2.23. The van der Waals surface area contributed by atoms with Crippen LogP contribution in [0.15, 0.2) is 0 Å². The summed E-state index contributed by atoms with van der Waals surface area (Å²) < 4.78 is 19.2. The van der Waals surface area contributed by atoms with Crippen LogP contribution in [0.2, 0.25) is 0 Å². The van der Waals surface area contributed by atoms with E-state index in [1.807, 2.05) is 7.05 Å². The van der Waals surface area contributed by atoms with E-state index >= 15 is 0 Å². The van der Waals surface area contributed by atoms with Gasteiger partial charge in [0, 0.05) is 12.6 Å². The summed E-state index contributed by atoms with van der Waals surface area (Å²) in [7, 11) is 2.00. The van der Waals surface area contributed by atoms with E-state index < -0.39 is 11.1 Å². The molecule has 0 bridgehead atoms. The third-order valence-corrected chi connectivity index (χ3v) is 3.34. The minimum Gasteiger partial charge on any atom is -0.317 e. The second-order valence-electron chi connectivity index (χ2n) is 3.78. The maximum absolute atomic E-state index is 10.5.